The number of carbonyl (C=O) groups excluding carboxylic acids is 3. The fourth-order valence-electron chi connectivity index (χ4n) is 7.90. The number of aliphatic hydroxyl groups excluding tert-OH is 1. The smallest absolute Gasteiger partial charge is 0.422 e. The molecule has 0 spiro atoms. The monoisotopic (exact) mass is 805 g/mol. The summed E-state index contributed by atoms with van der Waals surface area (Å²) in [6.45, 7) is 10.1. The fourth-order valence-corrected chi connectivity index (χ4v) is 7.90. The topological polar surface area (TPSA) is 169 Å². The standard InChI is InChI=1S/C45H55N7O7/c1-6-30(2)39(51-24-23-49(43(51)56)27-35-16-12-13-31(3)47-35)41(54)48-37(25-32-14-8-7-9-15-32)38(53)28-50(52(44(57)58)40-42(55)59-29-45(40,4)5)26-33-18-20-34(21-19-33)36-17-10-11-22-46-36/h7-22,30,37-40,53H,6,23-29H2,1-5H3,(H,48,54)(H,57,58)/t30-,37-,38-,39-,40+/m0/s1. The van der Waals surface area contributed by atoms with Crippen LogP contribution in [0.3, 0.4) is 0 Å². The molecule has 59 heavy (non-hydrogen) atoms. The first-order valence-electron chi connectivity index (χ1n) is 20.2. The Kier molecular flexibility index (Phi) is 13.6. The Labute approximate surface area is 345 Å². The first-order valence-corrected chi connectivity index (χ1v) is 20.2. The number of carboxylic acid groups (broad SMARTS) is 1. The van der Waals surface area contributed by atoms with E-state index in [1.807, 2.05) is 112 Å². The lowest BCUT2D eigenvalue weighted by atomic mass is 9.87. The van der Waals surface area contributed by atoms with Gasteiger partial charge in [-0.15, -0.1) is 0 Å². The number of nitrogens with zero attached hydrogens (tertiary/aromatic N) is 6. The zero-order valence-electron chi connectivity index (χ0n) is 34.4. The number of hydrogen-bond acceptors (Lipinski definition) is 9. The molecule has 2 saturated heterocycles. The van der Waals surface area contributed by atoms with Crippen molar-refractivity contribution < 1.29 is 34.1 Å². The highest BCUT2D eigenvalue weighted by Crippen LogP contribution is 2.34. The van der Waals surface area contributed by atoms with Gasteiger partial charge in [0, 0.05) is 49.0 Å². The van der Waals surface area contributed by atoms with Crippen molar-refractivity contribution in [2.24, 2.45) is 11.3 Å². The Bertz CT molecular complexity index is 2070. The van der Waals surface area contributed by atoms with Gasteiger partial charge in [-0.2, -0.15) is 0 Å². The summed E-state index contributed by atoms with van der Waals surface area (Å²) in [5, 5.41) is 28.5. The molecule has 5 atom stereocenters. The lowest BCUT2D eigenvalue weighted by molar-refractivity contribution is -0.151. The van der Waals surface area contributed by atoms with Gasteiger partial charge in [-0.05, 0) is 54.7 Å². The Morgan fingerprint density at radius 3 is 2.32 bits per heavy atom. The Balaban J connectivity index is 1.29. The minimum atomic E-state index is -1.39. The molecule has 6 rings (SSSR count). The SMILES string of the molecule is CC[C@H](C)[C@@H](C(=O)N[C@@H](Cc1ccccc1)[C@@H](O)CN(Cc1ccc(-c2ccccn2)cc1)N(C(=O)O)[C@@H]1C(=O)OCC1(C)C)N1CCN(Cc2cccc(C)n2)C1=O. The van der Waals surface area contributed by atoms with Crippen LogP contribution in [0.2, 0.25) is 0 Å². The number of pyridine rings is 2. The third-order valence-electron chi connectivity index (χ3n) is 11.3. The van der Waals surface area contributed by atoms with E-state index in [9.17, 15) is 29.4 Å². The number of hydrazine groups is 1. The summed E-state index contributed by atoms with van der Waals surface area (Å²) >= 11 is 0. The Hall–Kier alpha value is -5.86. The first-order chi connectivity index (χ1) is 28.2. The van der Waals surface area contributed by atoms with Crippen molar-refractivity contribution in [1.29, 1.82) is 0 Å². The first kappa shape index (κ1) is 42.7. The third-order valence-corrected chi connectivity index (χ3v) is 11.3. The van der Waals surface area contributed by atoms with Crippen LogP contribution in [0.15, 0.2) is 97.2 Å². The minimum Gasteiger partial charge on any atom is -0.464 e. The highest BCUT2D eigenvalue weighted by Gasteiger charge is 2.51. The molecule has 2 aromatic carbocycles. The molecule has 4 aromatic rings. The average Bonchev–Trinajstić information content (AvgIpc) is 3.70. The van der Waals surface area contributed by atoms with E-state index in [0.717, 1.165) is 33.2 Å². The predicted octanol–water partition coefficient (Wildman–Crippen LogP) is 5.54. The van der Waals surface area contributed by atoms with Crippen molar-refractivity contribution in [3.63, 3.8) is 0 Å². The van der Waals surface area contributed by atoms with E-state index in [2.05, 4.69) is 15.3 Å². The van der Waals surface area contributed by atoms with Crippen LogP contribution < -0.4 is 5.32 Å². The van der Waals surface area contributed by atoms with Gasteiger partial charge in [0.15, 0.2) is 6.04 Å². The molecular weight excluding hydrogens is 751 g/mol. The summed E-state index contributed by atoms with van der Waals surface area (Å²) in [5.74, 6) is -1.33. The van der Waals surface area contributed by atoms with Crippen molar-refractivity contribution in [1.82, 2.24) is 35.1 Å². The molecule has 0 aliphatic carbocycles. The van der Waals surface area contributed by atoms with Gasteiger partial charge in [0.1, 0.15) is 6.04 Å². The van der Waals surface area contributed by atoms with Crippen molar-refractivity contribution in [2.75, 3.05) is 26.2 Å². The lowest BCUT2D eigenvalue weighted by Gasteiger charge is -2.41. The zero-order valence-corrected chi connectivity index (χ0v) is 34.4. The van der Waals surface area contributed by atoms with Crippen molar-refractivity contribution in [3.8, 4) is 11.3 Å². The molecule has 4 heterocycles. The number of urea groups is 1. The van der Waals surface area contributed by atoms with Crippen LogP contribution in [0.1, 0.15) is 56.6 Å². The summed E-state index contributed by atoms with van der Waals surface area (Å²) in [6, 6.07) is 24.9. The summed E-state index contributed by atoms with van der Waals surface area (Å²) in [7, 11) is 0. The number of hydrogen-bond donors (Lipinski definition) is 3. The largest absolute Gasteiger partial charge is 0.464 e. The van der Waals surface area contributed by atoms with E-state index in [-0.39, 0.29) is 38.1 Å². The molecule has 4 amide bonds. The maximum atomic E-state index is 14.6. The minimum absolute atomic E-state index is 0.00112. The van der Waals surface area contributed by atoms with Gasteiger partial charge in [-0.1, -0.05) is 101 Å². The van der Waals surface area contributed by atoms with E-state index in [1.165, 1.54) is 5.01 Å². The maximum Gasteiger partial charge on any atom is 0.422 e. The van der Waals surface area contributed by atoms with Gasteiger partial charge in [0.2, 0.25) is 5.91 Å². The predicted molar refractivity (Wildman–Crippen MR) is 221 cm³/mol. The molecule has 14 nitrogen and oxygen atoms in total. The average molecular weight is 806 g/mol. The number of amides is 4. The highest BCUT2D eigenvalue weighted by molar-refractivity contribution is 5.88. The van der Waals surface area contributed by atoms with Gasteiger partial charge < -0.3 is 30.1 Å². The number of nitrogens with one attached hydrogen (secondary N) is 1. The van der Waals surface area contributed by atoms with Crippen molar-refractivity contribution in [3.05, 3.63) is 120 Å². The van der Waals surface area contributed by atoms with Crippen LogP contribution in [0, 0.1) is 18.3 Å². The van der Waals surface area contributed by atoms with E-state index in [0.29, 0.717) is 31.6 Å². The quantitative estimate of drug-likeness (QED) is 0.0911. The molecule has 0 unspecified atom stereocenters. The number of ether oxygens (including phenoxy) is 1. The van der Waals surface area contributed by atoms with E-state index in [1.54, 1.807) is 29.8 Å². The van der Waals surface area contributed by atoms with Crippen LogP contribution in [0.5, 0.6) is 0 Å². The van der Waals surface area contributed by atoms with Gasteiger partial charge in [-0.25, -0.2) is 24.4 Å². The molecule has 14 heteroatoms. The number of rotatable bonds is 17. The van der Waals surface area contributed by atoms with Crippen LogP contribution in [0.25, 0.3) is 11.3 Å². The number of aliphatic hydroxyl groups is 1. The zero-order chi connectivity index (χ0) is 42.3. The fraction of sp³-hybridized carbons (Fsp3) is 0.422. The van der Waals surface area contributed by atoms with E-state index >= 15 is 0 Å². The summed E-state index contributed by atoms with van der Waals surface area (Å²) in [6.07, 6.45) is -0.211. The number of benzene rings is 2. The second-order valence-corrected chi connectivity index (χ2v) is 16.3. The number of esters is 1. The summed E-state index contributed by atoms with van der Waals surface area (Å²) in [4.78, 5) is 67.2. The molecular formula is C45H55N7O7. The highest BCUT2D eigenvalue weighted by atomic mass is 16.5. The Morgan fingerprint density at radius 1 is 0.966 bits per heavy atom. The van der Waals surface area contributed by atoms with Gasteiger partial charge in [-0.3, -0.25) is 14.8 Å². The van der Waals surface area contributed by atoms with Gasteiger partial charge >= 0.3 is 18.1 Å². The van der Waals surface area contributed by atoms with Crippen LogP contribution in [0.4, 0.5) is 9.59 Å². The molecule has 312 valence electrons. The van der Waals surface area contributed by atoms with E-state index < -0.39 is 47.6 Å². The normalized spacial score (nSPS) is 18.3. The summed E-state index contributed by atoms with van der Waals surface area (Å²) < 4.78 is 5.39. The van der Waals surface area contributed by atoms with Crippen molar-refractivity contribution >= 4 is 24.0 Å². The van der Waals surface area contributed by atoms with Crippen molar-refractivity contribution in [2.45, 2.75) is 84.8 Å². The molecule has 0 radical (unpaired) electrons. The molecule has 0 saturated carbocycles. The van der Waals surface area contributed by atoms with E-state index in [4.69, 9.17) is 4.74 Å². The van der Waals surface area contributed by atoms with Crippen LogP contribution in [-0.4, -0.2) is 114 Å². The molecule has 2 aliphatic rings. The molecule has 2 aliphatic heterocycles. The maximum absolute atomic E-state index is 14.6. The van der Waals surface area contributed by atoms with Crippen LogP contribution >= 0.6 is 0 Å². The Morgan fingerprint density at radius 2 is 1.69 bits per heavy atom. The second-order valence-electron chi connectivity index (χ2n) is 16.3. The molecule has 2 fully saturated rings. The molecule has 3 N–H and O–H groups in total. The number of carbonyl (C=O) groups is 4. The molecule has 0 bridgehead atoms. The number of aryl methyl sites for hydroxylation is 1. The van der Waals surface area contributed by atoms with Crippen LogP contribution in [-0.2, 0) is 33.8 Å². The number of cyclic esters (lactones) is 1. The molecule has 2 aromatic heterocycles. The second kappa shape index (κ2) is 18.8. The van der Waals surface area contributed by atoms with Gasteiger partial charge in [0.05, 0.1) is 36.7 Å². The third kappa shape index (κ3) is 10.2. The number of aromatic nitrogens is 2. The van der Waals surface area contributed by atoms with Gasteiger partial charge in [0.25, 0.3) is 0 Å². The lowest BCUT2D eigenvalue weighted by Crippen LogP contribution is -2.61. The summed E-state index contributed by atoms with van der Waals surface area (Å²) in [5.41, 5.74) is 3.91.